The Labute approximate surface area is 100 Å². The number of allylic oxidation sites excluding steroid dienone is 2. The largest absolute Gasteiger partial charge is 0.155 e. The van der Waals surface area contributed by atoms with Crippen LogP contribution in [0.1, 0.15) is 47.0 Å². The molecule has 0 heterocycles. The van der Waals surface area contributed by atoms with Gasteiger partial charge in [-0.1, -0.05) is 39.8 Å². The lowest BCUT2D eigenvalue weighted by atomic mass is 9.80. The van der Waals surface area contributed by atoms with Gasteiger partial charge in [-0.3, -0.25) is 0 Å². The van der Waals surface area contributed by atoms with Crippen molar-refractivity contribution in [2.24, 2.45) is 5.41 Å². The monoisotopic (exact) mass is 226 g/mol. The molecule has 0 saturated carbocycles. The summed E-state index contributed by atoms with van der Waals surface area (Å²) in [5, 5.41) is 0. The quantitative estimate of drug-likeness (QED) is 0.546. The minimum Gasteiger partial charge on any atom is -0.155 e. The number of rotatable bonds is 7. The van der Waals surface area contributed by atoms with Crippen molar-refractivity contribution < 1.29 is 0 Å². The molecule has 0 spiro atoms. The molecule has 0 unspecified atom stereocenters. The van der Waals surface area contributed by atoms with Crippen LogP contribution in [0.3, 0.4) is 0 Å². The fourth-order valence-electron chi connectivity index (χ4n) is 1.57. The van der Waals surface area contributed by atoms with Crippen LogP contribution in [0.2, 0.25) is 0 Å². The Balaban J connectivity index is 4.46. The van der Waals surface area contributed by atoms with Gasteiger partial charge in [0.25, 0.3) is 0 Å². The van der Waals surface area contributed by atoms with E-state index in [1.165, 1.54) is 12.2 Å². The van der Waals surface area contributed by atoms with Crippen LogP contribution in [0.15, 0.2) is 25.3 Å². The number of hydrogen-bond donors (Lipinski definition) is 0. The fourth-order valence-corrected chi connectivity index (χ4v) is 2.75. The minimum atomic E-state index is 0.350. The average Bonchev–Trinajstić information content (AvgIpc) is 2.14. The molecule has 0 fully saturated rings. The van der Waals surface area contributed by atoms with Crippen molar-refractivity contribution in [2.75, 3.05) is 5.75 Å². The second-order valence-electron chi connectivity index (χ2n) is 5.24. The maximum absolute atomic E-state index is 3.88. The molecular formula is C14H26S. The summed E-state index contributed by atoms with van der Waals surface area (Å²) in [6, 6.07) is 0. The summed E-state index contributed by atoms with van der Waals surface area (Å²) in [5.41, 5.74) is 0.376. The van der Waals surface area contributed by atoms with Crippen molar-refractivity contribution >= 4 is 11.8 Å². The summed E-state index contributed by atoms with van der Waals surface area (Å²) < 4.78 is 0.350. The van der Waals surface area contributed by atoms with Crippen molar-refractivity contribution in [3.05, 3.63) is 25.3 Å². The summed E-state index contributed by atoms with van der Waals surface area (Å²) in [7, 11) is 0. The molecule has 0 atom stereocenters. The SMILES string of the molecule is C=CCC(CC)(CC=C)CSC(C)(C)C. The molecule has 0 amide bonds. The van der Waals surface area contributed by atoms with Gasteiger partial charge in [0.05, 0.1) is 0 Å². The van der Waals surface area contributed by atoms with Crippen molar-refractivity contribution in [3.63, 3.8) is 0 Å². The summed E-state index contributed by atoms with van der Waals surface area (Å²) in [5.74, 6) is 1.20. The van der Waals surface area contributed by atoms with Crippen LogP contribution in [0.4, 0.5) is 0 Å². The Hall–Kier alpha value is -0.170. The smallest absolute Gasteiger partial charge is 0.00753 e. The second-order valence-corrected chi connectivity index (χ2v) is 7.04. The maximum atomic E-state index is 3.88. The molecule has 0 saturated heterocycles. The van der Waals surface area contributed by atoms with E-state index in [2.05, 4.69) is 53.0 Å². The molecule has 0 aromatic rings. The van der Waals surface area contributed by atoms with Crippen LogP contribution < -0.4 is 0 Å². The Bertz CT molecular complexity index is 188. The molecule has 1 heteroatoms. The van der Waals surface area contributed by atoms with E-state index in [4.69, 9.17) is 0 Å². The van der Waals surface area contributed by atoms with Gasteiger partial charge in [0, 0.05) is 10.5 Å². The molecule has 0 bridgehead atoms. The predicted octanol–water partition coefficient (Wildman–Crippen LogP) is 5.07. The van der Waals surface area contributed by atoms with Gasteiger partial charge in [-0.2, -0.15) is 11.8 Å². The molecule has 0 nitrogen and oxygen atoms in total. The van der Waals surface area contributed by atoms with Crippen molar-refractivity contribution in [3.8, 4) is 0 Å². The van der Waals surface area contributed by atoms with E-state index >= 15 is 0 Å². The highest BCUT2D eigenvalue weighted by atomic mass is 32.2. The third kappa shape index (κ3) is 6.09. The Morgan fingerprint density at radius 1 is 1.07 bits per heavy atom. The van der Waals surface area contributed by atoms with Crippen LogP contribution in [0, 0.1) is 5.41 Å². The van der Waals surface area contributed by atoms with E-state index in [0.29, 0.717) is 10.2 Å². The lowest BCUT2D eigenvalue weighted by molar-refractivity contribution is 0.328. The van der Waals surface area contributed by atoms with Gasteiger partial charge in [-0.05, 0) is 24.7 Å². The minimum absolute atomic E-state index is 0.350. The van der Waals surface area contributed by atoms with E-state index in [0.717, 1.165) is 12.8 Å². The first-order valence-electron chi connectivity index (χ1n) is 5.75. The molecule has 0 radical (unpaired) electrons. The first-order chi connectivity index (χ1) is 6.89. The topological polar surface area (TPSA) is 0 Å². The molecule has 0 aliphatic heterocycles. The fraction of sp³-hybridized carbons (Fsp3) is 0.714. The lowest BCUT2D eigenvalue weighted by Gasteiger charge is -2.33. The predicted molar refractivity (Wildman–Crippen MR) is 74.6 cm³/mol. The van der Waals surface area contributed by atoms with E-state index in [9.17, 15) is 0 Å². The van der Waals surface area contributed by atoms with Gasteiger partial charge in [0.2, 0.25) is 0 Å². The van der Waals surface area contributed by atoms with Crippen molar-refractivity contribution in [2.45, 2.75) is 51.7 Å². The highest BCUT2D eigenvalue weighted by Gasteiger charge is 2.27. The van der Waals surface area contributed by atoms with Gasteiger partial charge < -0.3 is 0 Å². The zero-order valence-corrected chi connectivity index (χ0v) is 11.6. The van der Waals surface area contributed by atoms with Crippen LogP contribution >= 0.6 is 11.8 Å². The molecule has 0 aromatic carbocycles. The highest BCUT2D eigenvalue weighted by molar-refractivity contribution is 8.00. The maximum Gasteiger partial charge on any atom is 0.00753 e. The molecule has 88 valence electrons. The Morgan fingerprint density at radius 2 is 1.53 bits per heavy atom. The molecule has 0 aliphatic rings. The van der Waals surface area contributed by atoms with Gasteiger partial charge in [-0.25, -0.2) is 0 Å². The molecule has 0 aromatic heterocycles. The number of thioether (sulfide) groups is 1. The molecule has 15 heavy (non-hydrogen) atoms. The molecule has 0 N–H and O–H groups in total. The van der Waals surface area contributed by atoms with Gasteiger partial charge in [0.1, 0.15) is 0 Å². The van der Waals surface area contributed by atoms with Crippen LogP contribution in [-0.4, -0.2) is 10.5 Å². The molecular weight excluding hydrogens is 200 g/mol. The zero-order valence-electron chi connectivity index (χ0n) is 10.8. The summed E-state index contributed by atoms with van der Waals surface area (Å²) in [4.78, 5) is 0. The Kier molecular flexibility index (Phi) is 6.35. The lowest BCUT2D eigenvalue weighted by Crippen LogP contribution is -2.24. The normalized spacial score (nSPS) is 12.5. The van der Waals surface area contributed by atoms with Crippen molar-refractivity contribution in [1.29, 1.82) is 0 Å². The van der Waals surface area contributed by atoms with E-state index in [1.54, 1.807) is 0 Å². The summed E-state index contributed by atoms with van der Waals surface area (Å²) in [6.45, 7) is 16.9. The zero-order chi connectivity index (χ0) is 11.9. The first-order valence-corrected chi connectivity index (χ1v) is 6.73. The van der Waals surface area contributed by atoms with E-state index in [1.807, 2.05) is 11.8 Å². The Morgan fingerprint density at radius 3 is 1.80 bits per heavy atom. The third-order valence-corrected chi connectivity index (χ3v) is 4.34. The highest BCUT2D eigenvalue weighted by Crippen LogP contribution is 2.39. The van der Waals surface area contributed by atoms with E-state index in [-0.39, 0.29) is 0 Å². The van der Waals surface area contributed by atoms with Crippen LogP contribution in [0.25, 0.3) is 0 Å². The van der Waals surface area contributed by atoms with Gasteiger partial charge in [-0.15, -0.1) is 13.2 Å². The van der Waals surface area contributed by atoms with Crippen molar-refractivity contribution in [1.82, 2.24) is 0 Å². The van der Waals surface area contributed by atoms with Gasteiger partial charge in [0.15, 0.2) is 0 Å². The summed E-state index contributed by atoms with van der Waals surface area (Å²) in [6.07, 6.45) is 7.50. The average molecular weight is 226 g/mol. The molecule has 0 aliphatic carbocycles. The second kappa shape index (κ2) is 6.42. The van der Waals surface area contributed by atoms with E-state index < -0.39 is 0 Å². The van der Waals surface area contributed by atoms with Gasteiger partial charge >= 0.3 is 0 Å². The third-order valence-electron chi connectivity index (χ3n) is 2.72. The summed E-state index contributed by atoms with van der Waals surface area (Å²) >= 11 is 2.05. The molecule has 0 rings (SSSR count). The van der Waals surface area contributed by atoms with Crippen LogP contribution in [0.5, 0.6) is 0 Å². The standard InChI is InChI=1S/C14H26S/c1-7-10-14(9-3,11-8-2)12-15-13(4,5)6/h7-8H,1-2,9-12H2,3-6H3. The first kappa shape index (κ1) is 14.8. The number of hydrogen-bond acceptors (Lipinski definition) is 1. The van der Waals surface area contributed by atoms with Crippen LogP contribution in [-0.2, 0) is 0 Å².